The van der Waals surface area contributed by atoms with Crippen LogP contribution < -0.4 is 0 Å². The van der Waals surface area contributed by atoms with Gasteiger partial charge in [-0.15, -0.1) is 0 Å². The molecule has 0 nitrogen and oxygen atoms in total. The zero-order chi connectivity index (χ0) is 7.78. The normalized spacial score (nSPS) is 24.0. The summed E-state index contributed by atoms with van der Waals surface area (Å²) in [6.45, 7) is 0. The number of hydrogen-bond acceptors (Lipinski definition) is 0. The summed E-state index contributed by atoms with van der Waals surface area (Å²) < 4.78 is 0. The fourth-order valence-corrected chi connectivity index (χ4v) is 1.69. The first-order chi connectivity index (χ1) is 5.50. The molecule has 1 rings (SSSR count). The summed E-state index contributed by atoms with van der Waals surface area (Å²) in [7, 11) is 0. The topological polar surface area (TPSA) is 0 Å². The van der Waals surface area contributed by atoms with Crippen LogP contribution in [0.4, 0.5) is 0 Å². The van der Waals surface area contributed by atoms with E-state index in [1.54, 1.807) is 0 Å². The molecule has 1 aliphatic carbocycles. The summed E-state index contributed by atoms with van der Waals surface area (Å²) in [6, 6.07) is 0. The van der Waals surface area contributed by atoms with Crippen molar-refractivity contribution in [1.82, 2.24) is 0 Å². The van der Waals surface area contributed by atoms with Crippen LogP contribution in [0.25, 0.3) is 0 Å². The van der Waals surface area contributed by atoms with Gasteiger partial charge < -0.3 is 0 Å². The molecule has 0 spiro atoms. The molecule has 11 heavy (non-hydrogen) atoms. The van der Waals surface area contributed by atoms with E-state index in [2.05, 4.69) is 6.42 Å². The third-order valence-electron chi connectivity index (χ3n) is 2.46. The van der Waals surface area contributed by atoms with Crippen LogP contribution >= 0.6 is 0 Å². The number of rotatable bonds is 0. The second kappa shape index (κ2) is 6.69. The fourth-order valence-electron chi connectivity index (χ4n) is 1.69. The van der Waals surface area contributed by atoms with E-state index in [1.807, 2.05) is 0 Å². The van der Waals surface area contributed by atoms with Crippen LogP contribution in [0.15, 0.2) is 0 Å². The Morgan fingerprint density at radius 2 is 0.818 bits per heavy atom. The van der Waals surface area contributed by atoms with Gasteiger partial charge in [-0.3, -0.25) is 0 Å². The largest absolute Gasteiger partial charge is 0.0533 e. The van der Waals surface area contributed by atoms with Gasteiger partial charge in [0.15, 0.2) is 0 Å². The molecule has 1 saturated carbocycles. The van der Waals surface area contributed by atoms with Gasteiger partial charge in [0, 0.05) is 0 Å². The van der Waals surface area contributed by atoms with Crippen molar-refractivity contribution in [2.75, 3.05) is 0 Å². The molecule has 0 N–H and O–H groups in total. The molecule has 0 unspecified atom stereocenters. The molecule has 0 atom stereocenters. The number of hydrogen-bond donors (Lipinski definition) is 0. The van der Waals surface area contributed by atoms with E-state index in [0.717, 1.165) is 0 Å². The molecule has 64 valence electrons. The van der Waals surface area contributed by atoms with Gasteiger partial charge in [0.1, 0.15) is 0 Å². The van der Waals surface area contributed by atoms with Crippen molar-refractivity contribution in [3.05, 3.63) is 6.42 Å². The van der Waals surface area contributed by atoms with Gasteiger partial charge in [0.2, 0.25) is 0 Å². The van der Waals surface area contributed by atoms with Crippen LogP contribution in [0.1, 0.15) is 64.2 Å². The summed E-state index contributed by atoms with van der Waals surface area (Å²) >= 11 is 0. The van der Waals surface area contributed by atoms with Crippen LogP contribution in [-0.2, 0) is 0 Å². The van der Waals surface area contributed by atoms with Gasteiger partial charge >= 0.3 is 0 Å². The molecule has 1 fully saturated rings. The molecule has 2 radical (unpaired) electrons. The van der Waals surface area contributed by atoms with Crippen LogP contribution in [0.2, 0.25) is 0 Å². The second-order valence-electron chi connectivity index (χ2n) is 3.58. The smallest absolute Gasteiger partial charge is 0.0173 e. The van der Waals surface area contributed by atoms with Crippen LogP contribution in [0.3, 0.4) is 0 Å². The average Bonchev–Trinajstić information content (AvgIpc) is 2.08. The fraction of sp³-hybridized carbons (Fsp3) is 0.909. The lowest BCUT2D eigenvalue weighted by Gasteiger charge is -1.97. The van der Waals surface area contributed by atoms with Crippen molar-refractivity contribution < 1.29 is 0 Å². The highest BCUT2D eigenvalue weighted by molar-refractivity contribution is 4.65. The first-order valence-electron chi connectivity index (χ1n) is 5.21. The molecule has 0 aliphatic heterocycles. The first kappa shape index (κ1) is 9.09. The van der Waals surface area contributed by atoms with Crippen molar-refractivity contribution in [3.63, 3.8) is 0 Å². The zero-order valence-corrected chi connectivity index (χ0v) is 7.57. The van der Waals surface area contributed by atoms with Gasteiger partial charge in [0.05, 0.1) is 0 Å². The van der Waals surface area contributed by atoms with E-state index in [-0.39, 0.29) is 0 Å². The van der Waals surface area contributed by atoms with Gasteiger partial charge in [-0.2, -0.15) is 0 Å². The average molecular weight is 152 g/mol. The summed E-state index contributed by atoms with van der Waals surface area (Å²) in [5.41, 5.74) is 0. The third kappa shape index (κ3) is 5.29. The quantitative estimate of drug-likeness (QED) is 0.492. The Balaban J connectivity index is 2.02. The van der Waals surface area contributed by atoms with E-state index in [0.29, 0.717) is 0 Å². The predicted molar refractivity (Wildman–Crippen MR) is 49.4 cm³/mol. The van der Waals surface area contributed by atoms with Crippen LogP contribution in [-0.4, -0.2) is 0 Å². The standard InChI is InChI=1S/C11H20/c1-2-4-6-8-10-11-9-7-5-3-1/h1-10H2. The molecule has 0 aromatic heterocycles. The van der Waals surface area contributed by atoms with Crippen LogP contribution in [0, 0.1) is 6.42 Å². The van der Waals surface area contributed by atoms with Crippen molar-refractivity contribution >= 4 is 0 Å². The first-order valence-corrected chi connectivity index (χ1v) is 5.21. The molecule has 0 aromatic carbocycles. The summed E-state index contributed by atoms with van der Waals surface area (Å²) in [6.07, 6.45) is 17.5. The Kier molecular flexibility index (Phi) is 5.53. The molecule has 1 aliphatic rings. The maximum atomic E-state index is 3.48. The second-order valence-corrected chi connectivity index (χ2v) is 3.58. The molecule has 0 heteroatoms. The highest BCUT2D eigenvalue weighted by Crippen LogP contribution is 2.15. The Bertz CT molecular complexity index is 38.1. The van der Waals surface area contributed by atoms with Gasteiger partial charge in [0.25, 0.3) is 0 Å². The summed E-state index contributed by atoms with van der Waals surface area (Å²) in [5.74, 6) is 0. The highest BCUT2D eigenvalue weighted by atomic mass is 14.0. The summed E-state index contributed by atoms with van der Waals surface area (Å²) in [4.78, 5) is 0. The Labute approximate surface area is 71.4 Å². The lowest BCUT2D eigenvalue weighted by Crippen LogP contribution is -1.79. The minimum absolute atomic E-state index is 1.25. The van der Waals surface area contributed by atoms with E-state index >= 15 is 0 Å². The molecular formula is C11H20. The van der Waals surface area contributed by atoms with Gasteiger partial charge in [-0.05, 0) is 19.3 Å². The van der Waals surface area contributed by atoms with Crippen molar-refractivity contribution in [2.45, 2.75) is 64.2 Å². The van der Waals surface area contributed by atoms with E-state index in [9.17, 15) is 0 Å². The van der Waals surface area contributed by atoms with E-state index in [1.165, 1.54) is 64.2 Å². The minimum atomic E-state index is 1.25. The lowest BCUT2D eigenvalue weighted by molar-refractivity contribution is 0.585. The maximum absolute atomic E-state index is 3.48. The molecule has 0 aromatic rings. The monoisotopic (exact) mass is 152 g/mol. The lowest BCUT2D eigenvalue weighted by atomic mass is 10.1. The van der Waals surface area contributed by atoms with Crippen molar-refractivity contribution in [2.24, 2.45) is 0 Å². The molecule has 0 bridgehead atoms. The SMILES string of the molecule is [C]1CCCCCCCCCC1. The molecule has 0 saturated heterocycles. The van der Waals surface area contributed by atoms with Crippen molar-refractivity contribution in [3.8, 4) is 0 Å². The molecule has 0 amide bonds. The zero-order valence-electron chi connectivity index (χ0n) is 7.57. The summed E-state index contributed by atoms with van der Waals surface area (Å²) in [5, 5.41) is 0. The van der Waals surface area contributed by atoms with Crippen LogP contribution in [0.5, 0.6) is 0 Å². The predicted octanol–water partition coefficient (Wildman–Crippen LogP) is 3.98. The minimum Gasteiger partial charge on any atom is -0.0533 e. The van der Waals surface area contributed by atoms with E-state index < -0.39 is 0 Å². The van der Waals surface area contributed by atoms with Gasteiger partial charge in [-0.25, -0.2) is 0 Å². The van der Waals surface area contributed by atoms with Crippen molar-refractivity contribution in [1.29, 1.82) is 0 Å². The maximum Gasteiger partial charge on any atom is -0.0173 e. The molecule has 0 heterocycles. The Hall–Kier alpha value is 0. The third-order valence-corrected chi connectivity index (χ3v) is 2.46. The molecular weight excluding hydrogens is 132 g/mol. The Morgan fingerprint density at radius 1 is 0.455 bits per heavy atom. The van der Waals surface area contributed by atoms with E-state index in [4.69, 9.17) is 0 Å². The highest BCUT2D eigenvalue weighted by Gasteiger charge is 1.96. The Morgan fingerprint density at radius 3 is 1.27 bits per heavy atom. The van der Waals surface area contributed by atoms with Gasteiger partial charge in [-0.1, -0.05) is 51.4 Å².